The zero-order chi connectivity index (χ0) is 17.6. The summed E-state index contributed by atoms with van der Waals surface area (Å²) >= 11 is 1.34. The van der Waals surface area contributed by atoms with Gasteiger partial charge in [0, 0.05) is 11.3 Å². The quantitative estimate of drug-likeness (QED) is 0.374. The van der Waals surface area contributed by atoms with Gasteiger partial charge in [-0.1, -0.05) is 54.2 Å². The van der Waals surface area contributed by atoms with Crippen LogP contribution >= 0.6 is 11.8 Å². The Morgan fingerprint density at radius 1 is 1.04 bits per heavy atom. The summed E-state index contributed by atoms with van der Waals surface area (Å²) in [4.78, 5) is 21.5. The molecule has 0 saturated heterocycles. The van der Waals surface area contributed by atoms with Gasteiger partial charge in [-0.25, -0.2) is 9.97 Å². The monoisotopic (exact) mass is 350 g/mol. The number of ketones is 1. The lowest BCUT2D eigenvalue weighted by molar-refractivity contribution is 0.101. The third-order valence-electron chi connectivity index (χ3n) is 3.64. The number of carbonyl (C=O) groups is 1. The molecule has 5 heteroatoms. The van der Waals surface area contributed by atoms with E-state index >= 15 is 0 Å². The van der Waals surface area contributed by atoms with Crippen molar-refractivity contribution in [2.45, 2.75) is 12.1 Å². The summed E-state index contributed by atoms with van der Waals surface area (Å²) in [5.74, 6) is 0.843. The highest BCUT2D eigenvalue weighted by Gasteiger charge is 2.13. The summed E-state index contributed by atoms with van der Waals surface area (Å²) in [6.45, 7) is 1.93. The molecule has 1 heterocycles. The molecule has 0 unspecified atom stereocenters. The van der Waals surface area contributed by atoms with E-state index in [1.165, 1.54) is 11.8 Å². The number of aryl methyl sites for hydroxylation is 1. The van der Waals surface area contributed by atoms with E-state index in [2.05, 4.69) is 9.97 Å². The predicted octanol–water partition coefficient (Wildman–Crippen LogP) is 4.44. The maximum Gasteiger partial charge on any atom is 0.188 e. The zero-order valence-corrected chi connectivity index (χ0v) is 14.9. The second-order valence-corrected chi connectivity index (χ2v) is 6.40. The van der Waals surface area contributed by atoms with Crippen LogP contribution in [0.3, 0.4) is 0 Å². The molecule has 4 nitrogen and oxygen atoms in total. The van der Waals surface area contributed by atoms with Gasteiger partial charge in [0.15, 0.2) is 10.9 Å². The highest BCUT2D eigenvalue weighted by Crippen LogP contribution is 2.24. The lowest BCUT2D eigenvalue weighted by Crippen LogP contribution is -2.05. The van der Waals surface area contributed by atoms with Crippen molar-refractivity contribution >= 4 is 17.5 Å². The molecular weight excluding hydrogens is 332 g/mol. The average Bonchev–Trinajstić information content (AvgIpc) is 2.66. The number of para-hydroxylation sites is 1. The fraction of sp³-hybridized carbons (Fsp3) is 0.150. The lowest BCUT2D eigenvalue weighted by Gasteiger charge is -2.08. The standard InChI is InChI=1S/C20H18N2O2S/c1-14-12-17(15-8-4-3-5-9-15)22-20(21-14)25-13-18(23)16-10-6-7-11-19(16)24-2/h3-12H,13H2,1-2H3. The number of ether oxygens (including phenoxy) is 1. The Labute approximate surface area is 151 Å². The first-order valence-corrected chi connectivity index (χ1v) is 8.86. The minimum absolute atomic E-state index is 0.00572. The number of nitrogens with zero attached hydrogens (tertiary/aromatic N) is 2. The van der Waals surface area contributed by atoms with Crippen LogP contribution < -0.4 is 4.74 Å². The van der Waals surface area contributed by atoms with Crippen LogP contribution in [-0.2, 0) is 0 Å². The van der Waals surface area contributed by atoms with Crippen LogP contribution in [0.25, 0.3) is 11.3 Å². The first-order chi connectivity index (χ1) is 12.2. The summed E-state index contributed by atoms with van der Waals surface area (Å²) in [7, 11) is 1.56. The van der Waals surface area contributed by atoms with Crippen molar-refractivity contribution in [2.75, 3.05) is 12.9 Å². The first kappa shape index (κ1) is 17.2. The van der Waals surface area contributed by atoms with Gasteiger partial charge < -0.3 is 4.74 Å². The number of hydrogen-bond donors (Lipinski definition) is 0. The van der Waals surface area contributed by atoms with Gasteiger partial charge in [0.1, 0.15) is 5.75 Å². The minimum atomic E-state index is -0.00572. The molecule has 2 aromatic carbocycles. The molecule has 3 aromatic rings. The summed E-state index contributed by atoms with van der Waals surface area (Å²) in [5, 5.41) is 0.599. The molecular formula is C20H18N2O2S. The highest BCUT2D eigenvalue weighted by atomic mass is 32.2. The molecule has 25 heavy (non-hydrogen) atoms. The molecule has 0 saturated carbocycles. The van der Waals surface area contributed by atoms with E-state index in [0.717, 1.165) is 17.0 Å². The maximum atomic E-state index is 12.5. The number of rotatable bonds is 6. The van der Waals surface area contributed by atoms with Crippen molar-refractivity contribution in [1.82, 2.24) is 9.97 Å². The van der Waals surface area contributed by atoms with Gasteiger partial charge >= 0.3 is 0 Å². The van der Waals surface area contributed by atoms with E-state index in [1.807, 2.05) is 55.5 Å². The van der Waals surface area contributed by atoms with Gasteiger partial charge in [0.25, 0.3) is 0 Å². The third-order valence-corrected chi connectivity index (χ3v) is 4.49. The van der Waals surface area contributed by atoms with Gasteiger partial charge in [-0.3, -0.25) is 4.79 Å². The summed E-state index contributed by atoms with van der Waals surface area (Å²) in [6.07, 6.45) is 0. The maximum absolute atomic E-state index is 12.5. The molecule has 0 aliphatic heterocycles. The molecule has 0 amide bonds. The van der Waals surface area contributed by atoms with Crippen LogP contribution in [0.4, 0.5) is 0 Å². The van der Waals surface area contributed by atoms with Crippen LogP contribution in [0.15, 0.2) is 65.8 Å². The van der Waals surface area contributed by atoms with E-state index < -0.39 is 0 Å². The molecule has 1 aromatic heterocycles. The second kappa shape index (κ2) is 7.94. The van der Waals surface area contributed by atoms with Crippen LogP contribution in [0, 0.1) is 6.92 Å². The number of methoxy groups -OCH3 is 1. The van der Waals surface area contributed by atoms with Crippen molar-refractivity contribution in [1.29, 1.82) is 0 Å². The summed E-state index contributed by atoms with van der Waals surface area (Å²) < 4.78 is 5.25. The van der Waals surface area contributed by atoms with Crippen LogP contribution in [0.1, 0.15) is 16.1 Å². The normalized spacial score (nSPS) is 10.5. The predicted molar refractivity (Wildman–Crippen MR) is 100 cm³/mol. The van der Waals surface area contributed by atoms with Gasteiger partial charge in [-0.15, -0.1) is 0 Å². The van der Waals surface area contributed by atoms with Crippen LogP contribution in [-0.4, -0.2) is 28.6 Å². The van der Waals surface area contributed by atoms with Gasteiger partial charge in [-0.2, -0.15) is 0 Å². The Morgan fingerprint density at radius 2 is 1.76 bits per heavy atom. The molecule has 0 spiro atoms. The lowest BCUT2D eigenvalue weighted by atomic mass is 10.1. The molecule has 3 rings (SSSR count). The van der Waals surface area contributed by atoms with Crippen molar-refractivity contribution < 1.29 is 9.53 Å². The van der Waals surface area contributed by atoms with E-state index in [9.17, 15) is 4.79 Å². The zero-order valence-electron chi connectivity index (χ0n) is 14.1. The molecule has 0 radical (unpaired) electrons. The number of hydrogen-bond acceptors (Lipinski definition) is 5. The highest BCUT2D eigenvalue weighted by molar-refractivity contribution is 7.99. The molecule has 0 atom stereocenters. The SMILES string of the molecule is COc1ccccc1C(=O)CSc1nc(C)cc(-c2ccccc2)n1. The average molecular weight is 350 g/mol. The summed E-state index contributed by atoms with van der Waals surface area (Å²) in [6, 6.07) is 19.1. The van der Waals surface area contributed by atoms with Gasteiger partial charge in [0.2, 0.25) is 0 Å². The summed E-state index contributed by atoms with van der Waals surface area (Å²) in [5.41, 5.74) is 3.35. The Balaban J connectivity index is 1.77. The Morgan fingerprint density at radius 3 is 2.52 bits per heavy atom. The van der Waals surface area contributed by atoms with Crippen molar-refractivity contribution in [2.24, 2.45) is 0 Å². The van der Waals surface area contributed by atoms with E-state index in [1.54, 1.807) is 19.2 Å². The Kier molecular flexibility index (Phi) is 5.46. The van der Waals surface area contributed by atoms with E-state index in [-0.39, 0.29) is 11.5 Å². The van der Waals surface area contributed by atoms with Gasteiger partial charge in [0.05, 0.1) is 24.1 Å². The van der Waals surface area contributed by atoms with E-state index in [0.29, 0.717) is 16.5 Å². The largest absolute Gasteiger partial charge is 0.496 e. The molecule has 0 fully saturated rings. The van der Waals surface area contributed by atoms with Crippen LogP contribution in [0.2, 0.25) is 0 Å². The minimum Gasteiger partial charge on any atom is -0.496 e. The Bertz CT molecular complexity index is 882. The van der Waals surface area contributed by atoms with Gasteiger partial charge in [-0.05, 0) is 25.1 Å². The molecule has 0 N–H and O–H groups in total. The fourth-order valence-electron chi connectivity index (χ4n) is 2.45. The number of aromatic nitrogens is 2. The molecule has 0 bridgehead atoms. The fourth-order valence-corrected chi connectivity index (χ4v) is 3.23. The molecule has 0 aliphatic carbocycles. The van der Waals surface area contributed by atoms with Crippen molar-refractivity contribution in [3.8, 4) is 17.0 Å². The van der Waals surface area contributed by atoms with Crippen molar-refractivity contribution in [3.63, 3.8) is 0 Å². The van der Waals surface area contributed by atoms with E-state index in [4.69, 9.17) is 4.74 Å². The number of carbonyl (C=O) groups excluding carboxylic acids is 1. The van der Waals surface area contributed by atoms with Crippen molar-refractivity contribution in [3.05, 3.63) is 71.9 Å². The Hall–Kier alpha value is -2.66. The smallest absolute Gasteiger partial charge is 0.188 e. The number of thioether (sulfide) groups is 1. The third kappa shape index (κ3) is 4.25. The topological polar surface area (TPSA) is 52.1 Å². The van der Waals surface area contributed by atoms with Crippen LogP contribution in [0.5, 0.6) is 5.75 Å². The molecule has 0 aliphatic rings. The number of Topliss-reactive ketones (excluding diaryl/α,β-unsaturated/α-hetero) is 1. The first-order valence-electron chi connectivity index (χ1n) is 7.87. The number of benzene rings is 2. The molecule has 126 valence electrons. The second-order valence-electron chi connectivity index (χ2n) is 5.46.